The highest BCUT2D eigenvalue weighted by atomic mass is 16.6. The highest BCUT2D eigenvalue weighted by Gasteiger charge is 2.42. The first kappa shape index (κ1) is 7.98. The van der Waals surface area contributed by atoms with Gasteiger partial charge < -0.3 is 14.9 Å². The van der Waals surface area contributed by atoms with E-state index in [0.717, 1.165) is 6.42 Å². The lowest BCUT2D eigenvalue weighted by atomic mass is 10.00. The second kappa shape index (κ2) is 2.49. The molecule has 3 heteroatoms. The van der Waals surface area contributed by atoms with E-state index in [0.29, 0.717) is 0 Å². The van der Waals surface area contributed by atoms with Crippen LogP contribution in [0.15, 0.2) is 0 Å². The van der Waals surface area contributed by atoms with Crippen LogP contribution in [-0.2, 0) is 4.74 Å². The zero-order valence-electron chi connectivity index (χ0n) is 6.37. The van der Waals surface area contributed by atoms with Crippen LogP contribution in [0.25, 0.3) is 0 Å². The molecule has 0 aromatic heterocycles. The maximum absolute atomic E-state index is 9.47. The number of hydrogen-bond acceptors (Lipinski definition) is 3. The van der Waals surface area contributed by atoms with Gasteiger partial charge in [-0.1, -0.05) is 6.92 Å². The number of aliphatic hydroxyl groups excluding tert-OH is 1. The summed E-state index contributed by atoms with van der Waals surface area (Å²) in [5.41, 5.74) is 0. The Morgan fingerprint density at radius 2 is 2.20 bits per heavy atom. The van der Waals surface area contributed by atoms with Crippen LogP contribution in [0.5, 0.6) is 0 Å². The summed E-state index contributed by atoms with van der Waals surface area (Å²) in [6.07, 6.45) is 0.879. The van der Waals surface area contributed by atoms with Gasteiger partial charge in [-0.15, -0.1) is 0 Å². The zero-order valence-corrected chi connectivity index (χ0v) is 6.37. The normalized spacial score (nSPS) is 48.0. The number of ether oxygens (including phenoxy) is 1. The zero-order chi connectivity index (χ0) is 7.78. The smallest absolute Gasteiger partial charge is 0.191 e. The van der Waals surface area contributed by atoms with Crippen molar-refractivity contribution in [2.45, 2.75) is 32.2 Å². The Morgan fingerprint density at radius 3 is 2.40 bits per heavy atom. The molecule has 0 aromatic rings. The molecule has 1 saturated heterocycles. The monoisotopic (exact) mass is 146 g/mol. The summed E-state index contributed by atoms with van der Waals surface area (Å²) in [6.45, 7) is 3.46. The summed E-state index contributed by atoms with van der Waals surface area (Å²) in [5.74, 6) is -1.24. The van der Waals surface area contributed by atoms with Crippen molar-refractivity contribution in [1.82, 2.24) is 0 Å². The molecular weight excluding hydrogens is 132 g/mol. The standard InChI is InChI=1S/C7H14O3/c1-5-3-6(2)10-7(5,9)4-8/h5-6,8-9H,3-4H2,1-2H3. The van der Waals surface area contributed by atoms with E-state index in [1.165, 1.54) is 0 Å². The minimum Gasteiger partial charge on any atom is -0.391 e. The largest absolute Gasteiger partial charge is 0.391 e. The molecule has 1 aliphatic rings. The fourth-order valence-corrected chi connectivity index (χ4v) is 1.39. The Hall–Kier alpha value is -0.120. The van der Waals surface area contributed by atoms with Crippen LogP contribution in [0.2, 0.25) is 0 Å². The first-order valence-electron chi connectivity index (χ1n) is 3.59. The Balaban J connectivity index is 2.61. The van der Waals surface area contributed by atoms with Crippen molar-refractivity contribution in [3.8, 4) is 0 Å². The van der Waals surface area contributed by atoms with Crippen molar-refractivity contribution in [2.75, 3.05) is 6.61 Å². The number of hydrogen-bond donors (Lipinski definition) is 2. The molecule has 60 valence electrons. The molecular formula is C7H14O3. The summed E-state index contributed by atoms with van der Waals surface area (Å²) < 4.78 is 5.12. The third-order valence-electron chi connectivity index (χ3n) is 2.09. The molecule has 1 rings (SSSR count). The van der Waals surface area contributed by atoms with Crippen LogP contribution in [0.1, 0.15) is 20.3 Å². The summed E-state index contributed by atoms with van der Waals surface area (Å²) in [6, 6.07) is 0. The molecule has 10 heavy (non-hydrogen) atoms. The van der Waals surface area contributed by atoms with Gasteiger partial charge in [0.15, 0.2) is 5.79 Å². The van der Waals surface area contributed by atoms with Crippen molar-refractivity contribution in [3.63, 3.8) is 0 Å². The Labute approximate surface area is 60.6 Å². The molecule has 1 aliphatic heterocycles. The molecule has 3 atom stereocenters. The van der Waals surface area contributed by atoms with Crippen LogP contribution in [0.4, 0.5) is 0 Å². The molecule has 0 radical (unpaired) electrons. The van der Waals surface area contributed by atoms with Gasteiger partial charge in [-0.05, 0) is 13.3 Å². The lowest BCUT2D eigenvalue weighted by Crippen LogP contribution is -2.38. The third-order valence-corrected chi connectivity index (χ3v) is 2.09. The van der Waals surface area contributed by atoms with Crippen molar-refractivity contribution in [1.29, 1.82) is 0 Å². The van der Waals surface area contributed by atoms with E-state index in [2.05, 4.69) is 0 Å². The molecule has 0 spiro atoms. The second-order valence-corrected chi connectivity index (χ2v) is 3.07. The molecule has 3 unspecified atom stereocenters. The van der Waals surface area contributed by atoms with Crippen molar-refractivity contribution in [2.24, 2.45) is 5.92 Å². The van der Waals surface area contributed by atoms with Gasteiger partial charge in [0.25, 0.3) is 0 Å². The predicted octanol–water partition coefficient (Wildman–Crippen LogP) is 0.112. The van der Waals surface area contributed by atoms with Gasteiger partial charge in [0.1, 0.15) is 0 Å². The summed E-state index contributed by atoms with van der Waals surface area (Å²) in [5, 5.41) is 18.2. The lowest BCUT2D eigenvalue weighted by Gasteiger charge is -2.23. The van der Waals surface area contributed by atoms with Crippen molar-refractivity contribution >= 4 is 0 Å². The third kappa shape index (κ3) is 1.17. The Morgan fingerprint density at radius 1 is 1.60 bits per heavy atom. The summed E-state index contributed by atoms with van der Waals surface area (Å²) in [4.78, 5) is 0. The van der Waals surface area contributed by atoms with Crippen LogP contribution >= 0.6 is 0 Å². The Bertz CT molecular complexity index is 126. The van der Waals surface area contributed by atoms with Crippen molar-refractivity contribution in [3.05, 3.63) is 0 Å². The van der Waals surface area contributed by atoms with E-state index in [1.54, 1.807) is 0 Å². The first-order chi connectivity index (χ1) is 4.58. The van der Waals surface area contributed by atoms with E-state index in [1.807, 2.05) is 13.8 Å². The van der Waals surface area contributed by atoms with Gasteiger partial charge in [-0.3, -0.25) is 0 Å². The average Bonchev–Trinajstić information content (AvgIpc) is 2.09. The molecule has 1 heterocycles. The van der Waals surface area contributed by atoms with Gasteiger partial charge >= 0.3 is 0 Å². The summed E-state index contributed by atoms with van der Waals surface area (Å²) >= 11 is 0. The second-order valence-electron chi connectivity index (χ2n) is 3.07. The number of rotatable bonds is 1. The lowest BCUT2D eigenvalue weighted by molar-refractivity contribution is -0.226. The SMILES string of the molecule is CC1CC(C)C(O)(CO)O1. The fraction of sp³-hybridized carbons (Fsp3) is 1.00. The molecule has 0 saturated carbocycles. The molecule has 1 fully saturated rings. The topological polar surface area (TPSA) is 49.7 Å². The molecule has 0 aromatic carbocycles. The van der Waals surface area contributed by atoms with Crippen molar-refractivity contribution < 1.29 is 14.9 Å². The van der Waals surface area contributed by atoms with Gasteiger partial charge in [0, 0.05) is 5.92 Å². The van der Waals surface area contributed by atoms with Gasteiger partial charge in [-0.25, -0.2) is 0 Å². The Kier molecular flexibility index (Phi) is 1.99. The first-order valence-corrected chi connectivity index (χ1v) is 3.59. The average molecular weight is 146 g/mol. The molecule has 3 nitrogen and oxygen atoms in total. The predicted molar refractivity (Wildman–Crippen MR) is 36.4 cm³/mol. The maximum atomic E-state index is 9.47. The molecule has 0 aliphatic carbocycles. The number of aliphatic hydroxyl groups is 2. The molecule has 0 amide bonds. The van der Waals surface area contributed by atoms with Crippen LogP contribution in [0, 0.1) is 5.92 Å². The molecule has 0 bridgehead atoms. The highest BCUT2D eigenvalue weighted by molar-refractivity contribution is 4.82. The quantitative estimate of drug-likeness (QED) is 0.552. The van der Waals surface area contributed by atoms with E-state index >= 15 is 0 Å². The van der Waals surface area contributed by atoms with E-state index < -0.39 is 5.79 Å². The van der Waals surface area contributed by atoms with Gasteiger partial charge in [0.2, 0.25) is 0 Å². The fourth-order valence-electron chi connectivity index (χ4n) is 1.39. The van der Waals surface area contributed by atoms with Crippen LogP contribution < -0.4 is 0 Å². The highest BCUT2D eigenvalue weighted by Crippen LogP contribution is 2.32. The van der Waals surface area contributed by atoms with Gasteiger partial charge in [0.05, 0.1) is 12.7 Å². The summed E-state index contributed by atoms with van der Waals surface area (Å²) in [7, 11) is 0. The minimum absolute atomic E-state index is 0.0347. The van der Waals surface area contributed by atoms with Crippen LogP contribution in [-0.4, -0.2) is 28.7 Å². The minimum atomic E-state index is -1.28. The van der Waals surface area contributed by atoms with Crippen LogP contribution in [0.3, 0.4) is 0 Å². The van der Waals surface area contributed by atoms with E-state index in [4.69, 9.17) is 9.84 Å². The van der Waals surface area contributed by atoms with E-state index in [-0.39, 0.29) is 18.6 Å². The van der Waals surface area contributed by atoms with E-state index in [9.17, 15) is 5.11 Å². The molecule has 2 N–H and O–H groups in total. The maximum Gasteiger partial charge on any atom is 0.191 e. The van der Waals surface area contributed by atoms with Gasteiger partial charge in [-0.2, -0.15) is 0 Å².